The van der Waals surface area contributed by atoms with E-state index < -0.39 is 11.9 Å². The van der Waals surface area contributed by atoms with Crippen LogP contribution < -0.4 is 16.8 Å². The van der Waals surface area contributed by atoms with E-state index in [9.17, 15) is 9.59 Å². The normalized spacial score (nSPS) is 24.1. The van der Waals surface area contributed by atoms with Crippen LogP contribution in [0.25, 0.3) is 0 Å². The van der Waals surface area contributed by atoms with Crippen LogP contribution in [0.2, 0.25) is 0 Å². The predicted molar refractivity (Wildman–Crippen MR) is 47.5 cm³/mol. The molecular weight excluding hydrogens is 170 g/mol. The number of carbonyl (C=O) groups excluding carboxylic acids is 2. The summed E-state index contributed by atoms with van der Waals surface area (Å²) in [5.41, 5.74) is 10.4. The van der Waals surface area contributed by atoms with Crippen LogP contribution in [0.5, 0.6) is 0 Å². The number of nitrogens with two attached hydrogens (primary N) is 2. The van der Waals surface area contributed by atoms with Crippen LogP contribution in [-0.2, 0) is 9.59 Å². The van der Waals surface area contributed by atoms with E-state index >= 15 is 0 Å². The lowest BCUT2D eigenvalue weighted by Crippen LogP contribution is -2.36. The van der Waals surface area contributed by atoms with Crippen molar-refractivity contribution in [2.45, 2.75) is 25.3 Å². The quantitative estimate of drug-likeness (QED) is 0.508. The third kappa shape index (κ3) is 2.69. The van der Waals surface area contributed by atoms with Crippen LogP contribution in [0.15, 0.2) is 0 Å². The Hall–Kier alpha value is -1.10. The molecule has 0 radical (unpaired) electrons. The molecule has 0 bridgehead atoms. The molecule has 5 heteroatoms. The van der Waals surface area contributed by atoms with Crippen LogP contribution in [0, 0.1) is 5.92 Å². The smallest absolute Gasteiger partial charge is 0.234 e. The Morgan fingerprint density at radius 1 is 1.69 bits per heavy atom. The maximum atomic E-state index is 11.1. The van der Waals surface area contributed by atoms with Gasteiger partial charge in [-0.3, -0.25) is 9.59 Å². The van der Waals surface area contributed by atoms with Crippen LogP contribution in [0.3, 0.4) is 0 Å². The lowest BCUT2D eigenvalue weighted by molar-refractivity contribution is -0.123. The second-order valence-corrected chi connectivity index (χ2v) is 3.36. The Bertz CT molecular complexity index is 217. The minimum atomic E-state index is -0.617. The number of primary amides is 1. The van der Waals surface area contributed by atoms with Gasteiger partial charge < -0.3 is 16.8 Å². The van der Waals surface area contributed by atoms with Gasteiger partial charge in [-0.25, -0.2) is 0 Å². The lowest BCUT2D eigenvalue weighted by atomic mass is 9.99. The highest BCUT2D eigenvalue weighted by Gasteiger charge is 2.24. The molecule has 1 aliphatic rings. The maximum Gasteiger partial charge on any atom is 0.234 e. The number of nitrogens with one attached hydrogen (secondary N) is 1. The highest BCUT2D eigenvalue weighted by atomic mass is 16.2. The highest BCUT2D eigenvalue weighted by Crippen LogP contribution is 2.16. The summed E-state index contributed by atoms with van der Waals surface area (Å²) in [4.78, 5) is 21.7. The zero-order valence-corrected chi connectivity index (χ0v) is 7.45. The van der Waals surface area contributed by atoms with Gasteiger partial charge in [0, 0.05) is 12.5 Å². The van der Waals surface area contributed by atoms with E-state index in [4.69, 9.17) is 11.5 Å². The Kier molecular flexibility index (Phi) is 3.25. The van der Waals surface area contributed by atoms with Gasteiger partial charge in [0.05, 0.1) is 6.04 Å². The molecule has 13 heavy (non-hydrogen) atoms. The molecule has 2 amide bonds. The Morgan fingerprint density at radius 3 is 2.85 bits per heavy atom. The van der Waals surface area contributed by atoms with E-state index in [1.165, 1.54) is 0 Å². The number of carbonyl (C=O) groups is 2. The topological polar surface area (TPSA) is 98.2 Å². The van der Waals surface area contributed by atoms with Gasteiger partial charge in [-0.05, 0) is 19.3 Å². The molecule has 0 spiro atoms. The average molecular weight is 185 g/mol. The Labute approximate surface area is 76.8 Å². The molecule has 0 saturated carbocycles. The first kappa shape index (κ1) is 9.98. The van der Waals surface area contributed by atoms with Crippen molar-refractivity contribution in [1.29, 1.82) is 0 Å². The van der Waals surface area contributed by atoms with Crippen molar-refractivity contribution in [2.75, 3.05) is 6.54 Å². The predicted octanol–water partition coefficient (Wildman–Crippen LogP) is -1.28. The van der Waals surface area contributed by atoms with Gasteiger partial charge in [0.25, 0.3) is 0 Å². The number of amides is 2. The van der Waals surface area contributed by atoms with Gasteiger partial charge >= 0.3 is 0 Å². The molecule has 0 unspecified atom stereocenters. The summed E-state index contributed by atoms with van der Waals surface area (Å²) >= 11 is 0. The molecule has 0 aliphatic carbocycles. The lowest BCUT2D eigenvalue weighted by Gasteiger charge is -2.09. The Morgan fingerprint density at radius 2 is 2.38 bits per heavy atom. The zero-order chi connectivity index (χ0) is 9.84. The average Bonchev–Trinajstić information content (AvgIpc) is 2.47. The SMILES string of the molecule is NC(=O)[C@@H](N)CC[C@@H]1CCNC1=O. The van der Waals surface area contributed by atoms with E-state index in [2.05, 4.69) is 5.32 Å². The van der Waals surface area contributed by atoms with Crippen LogP contribution in [-0.4, -0.2) is 24.4 Å². The minimum Gasteiger partial charge on any atom is -0.368 e. The largest absolute Gasteiger partial charge is 0.368 e. The van der Waals surface area contributed by atoms with E-state index in [0.29, 0.717) is 12.8 Å². The fourth-order valence-corrected chi connectivity index (χ4v) is 1.44. The van der Waals surface area contributed by atoms with Crippen molar-refractivity contribution < 1.29 is 9.59 Å². The maximum absolute atomic E-state index is 11.1. The molecule has 2 atom stereocenters. The summed E-state index contributed by atoms with van der Waals surface area (Å²) in [6, 6.07) is -0.617. The molecule has 0 aromatic heterocycles. The summed E-state index contributed by atoms with van der Waals surface area (Å²) in [7, 11) is 0. The monoisotopic (exact) mass is 185 g/mol. The second-order valence-electron chi connectivity index (χ2n) is 3.36. The van der Waals surface area contributed by atoms with Crippen LogP contribution in [0.1, 0.15) is 19.3 Å². The van der Waals surface area contributed by atoms with Crippen molar-refractivity contribution in [2.24, 2.45) is 17.4 Å². The van der Waals surface area contributed by atoms with Crippen LogP contribution >= 0.6 is 0 Å². The summed E-state index contributed by atoms with van der Waals surface area (Å²) in [5.74, 6) is -0.416. The zero-order valence-electron chi connectivity index (χ0n) is 7.45. The molecular formula is C8H15N3O2. The first-order valence-electron chi connectivity index (χ1n) is 4.44. The van der Waals surface area contributed by atoms with Crippen molar-refractivity contribution in [3.8, 4) is 0 Å². The van der Waals surface area contributed by atoms with Crippen molar-refractivity contribution >= 4 is 11.8 Å². The minimum absolute atomic E-state index is 0.0189. The number of hydrogen-bond donors (Lipinski definition) is 3. The Balaban J connectivity index is 2.25. The first-order valence-corrected chi connectivity index (χ1v) is 4.44. The molecule has 0 aromatic rings. The molecule has 74 valence electrons. The fourth-order valence-electron chi connectivity index (χ4n) is 1.44. The fraction of sp³-hybridized carbons (Fsp3) is 0.750. The van der Waals surface area contributed by atoms with Crippen LogP contribution in [0.4, 0.5) is 0 Å². The summed E-state index contributed by atoms with van der Waals surface area (Å²) in [6.45, 7) is 0.731. The van der Waals surface area contributed by atoms with Crippen molar-refractivity contribution in [3.63, 3.8) is 0 Å². The summed E-state index contributed by atoms with van der Waals surface area (Å²) in [6.07, 6.45) is 1.98. The van der Waals surface area contributed by atoms with Crippen molar-refractivity contribution in [1.82, 2.24) is 5.32 Å². The number of hydrogen-bond acceptors (Lipinski definition) is 3. The third-order valence-corrected chi connectivity index (χ3v) is 2.35. The second kappa shape index (κ2) is 4.23. The van der Waals surface area contributed by atoms with Gasteiger partial charge in [-0.1, -0.05) is 0 Å². The van der Waals surface area contributed by atoms with E-state index in [-0.39, 0.29) is 11.8 Å². The molecule has 1 fully saturated rings. The third-order valence-electron chi connectivity index (χ3n) is 2.35. The number of rotatable bonds is 4. The summed E-state index contributed by atoms with van der Waals surface area (Å²) in [5, 5.41) is 2.73. The molecule has 0 aromatic carbocycles. The molecule has 1 heterocycles. The van der Waals surface area contributed by atoms with Gasteiger partial charge in [0.15, 0.2) is 0 Å². The van der Waals surface area contributed by atoms with Gasteiger partial charge in [-0.2, -0.15) is 0 Å². The van der Waals surface area contributed by atoms with Gasteiger partial charge in [0.2, 0.25) is 11.8 Å². The molecule has 1 aliphatic heterocycles. The molecule has 5 nitrogen and oxygen atoms in total. The van der Waals surface area contributed by atoms with Gasteiger partial charge in [-0.15, -0.1) is 0 Å². The molecule has 1 saturated heterocycles. The molecule has 1 rings (SSSR count). The molecule has 5 N–H and O–H groups in total. The summed E-state index contributed by atoms with van der Waals surface area (Å²) < 4.78 is 0. The van der Waals surface area contributed by atoms with E-state index in [1.807, 2.05) is 0 Å². The van der Waals surface area contributed by atoms with Crippen molar-refractivity contribution in [3.05, 3.63) is 0 Å². The highest BCUT2D eigenvalue weighted by molar-refractivity contribution is 5.81. The standard InChI is InChI=1S/C8H15N3O2/c9-6(7(10)12)2-1-5-3-4-11-8(5)13/h5-6H,1-4,9H2,(H2,10,12)(H,11,13)/t5-,6+/m1/s1. The van der Waals surface area contributed by atoms with E-state index in [0.717, 1.165) is 13.0 Å². The van der Waals surface area contributed by atoms with E-state index in [1.54, 1.807) is 0 Å². The van der Waals surface area contributed by atoms with Gasteiger partial charge in [0.1, 0.15) is 0 Å². The first-order chi connectivity index (χ1) is 6.11.